The van der Waals surface area contributed by atoms with E-state index in [9.17, 15) is 9.90 Å². The van der Waals surface area contributed by atoms with Crippen LogP contribution in [0.4, 0.5) is 0 Å². The number of allylic oxidation sites excluding steroid dienone is 2. The second-order valence-electron chi connectivity index (χ2n) is 10.6. The molecule has 0 unspecified atom stereocenters. The van der Waals surface area contributed by atoms with Crippen molar-refractivity contribution in [3.8, 4) is 0 Å². The molecule has 0 heterocycles. The molecule has 2 heteroatoms. The summed E-state index contributed by atoms with van der Waals surface area (Å²) in [6, 6.07) is 0. The van der Waals surface area contributed by atoms with Crippen molar-refractivity contribution >= 4 is 5.97 Å². The van der Waals surface area contributed by atoms with Gasteiger partial charge in [-0.3, -0.25) is 0 Å². The molecular weight excluding hydrogens is 320 g/mol. The molecule has 4 aliphatic carbocycles. The van der Waals surface area contributed by atoms with Crippen molar-refractivity contribution in [1.82, 2.24) is 0 Å². The third-order valence-electron chi connectivity index (χ3n) is 9.64. The lowest BCUT2D eigenvalue weighted by Crippen LogP contribution is -2.51. The van der Waals surface area contributed by atoms with Gasteiger partial charge in [0.25, 0.3) is 0 Å². The monoisotopic (exact) mass is 357 g/mol. The van der Waals surface area contributed by atoms with E-state index in [-0.39, 0.29) is 6.42 Å². The second-order valence-corrected chi connectivity index (χ2v) is 10.6. The number of fused-ring (bicyclic) bond motifs is 5. The lowest BCUT2D eigenvalue weighted by Gasteiger charge is -2.58. The summed E-state index contributed by atoms with van der Waals surface area (Å²) in [7, 11) is 0. The smallest absolute Gasteiger partial charge is 0.0414 e. The molecule has 0 aromatic heterocycles. The maximum Gasteiger partial charge on any atom is 0.0414 e. The molecule has 0 N–H and O–H groups in total. The molecule has 0 bridgehead atoms. The molecule has 8 atom stereocenters. The third kappa shape index (κ3) is 2.78. The summed E-state index contributed by atoms with van der Waals surface area (Å²) in [6.07, 6.45) is 17.3. The van der Waals surface area contributed by atoms with Crippen molar-refractivity contribution in [2.45, 2.75) is 85.0 Å². The van der Waals surface area contributed by atoms with Gasteiger partial charge in [0, 0.05) is 5.97 Å². The standard InChI is InChI=1S/C24H38O2/c1-16(7-12-22(25)26)19-10-11-20-18-9-8-17-6-4-5-14-23(17,2)21(18)13-15-24(19,20)3/h8-9,16-21H,4-7,10-15H2,1-3H3,(H,25,26)/p-1/t16-,17-,18+,19-,20+,21+,23-,24+/m0/s1. The Labute approximate surface area is 159 Å². The lowest BCUT2D eigenvalue weighted by atomic mass is 9.46. The Morgan fingerprint density at radius 2 is 1.81 bits per heavy atom. The number of hydrogen-bond donors (Lipinski definition) is 0. The van der Waals surface area contributed by atoms with Gasteiger partial charge in [-0.25, -0.2) is 0 Å². The van der Waals surface area contributed by atoms with E-state index in [1.54, 1.807) is 0 Å². The summed E-state index contributed by atoms with van der Waals surface area (Å²) in [5.41, 5.74) is 0.951. The van der Waals surface area contributed by atoms with Gasteiger partial charge in [0.15, 0.2) is 0 Å². The minimum Gasteiger partial charge on any atom is -0.550 e. The van der Waals surface area contributed by atoms with Crippen molar-refractivity contribution < 1.29 is 9.90 Å². The predicted octanol–water partition coefficient (Wildman–Crippen LogP) is 4.98. The summed E-state index contributed by atoms with van der Waals surface area (Å²) in [5.74, 6) is 3.60. The van der Waals surface area contributed by atoms with Crippen LogP contribution in [0.1, 0.15) is 85.0 Å². The summed E-state index contributed by atoms with van der Waals surface area (Å²) in [4.78, 5) is 10.9. The highest BCUT2D eigenvalue weighted by atomic mass is 16.4. The Hall–Kier alpha value is -0.790. The zero-order chi connectivity index (χ0) is 18.5. The minimum atomic E-state index is -0.883. The van der Waals surface area contributed by atoms with Crippen molar-refractivity contribution in [2.75, 3.05) is 0 Å². The highest BCUT2D eigenvalue weighted by Gasteiger charge is 2.58. The average molecular weight is 358 g/mol. The first kappa shape index (κ1) is 18.6. The lowest BCUT2D eigenvalue weighted by molar-refractivity contribution is -0.306. The molecule has 26 heavy (non-hydrogen) atoms. The molecule has 0 radical (unpaired) electrons. The molecular formula is C24H37O2-. The molecule has 0 aliphatic heterocycles. The van der Waals surface area contributed by atoms with Crippen LogP contribution in [0.25, 0.3) is 0 Å². The Balaban J connectivity index is 1.55. The normalized spacial score (nSPS) is 48.3. The molecule has 3 fully saturated rings. The second kappa shape index (κ2) is 6.67. The number of carbonyl (C=O) groups is 1. The molecule has 2 nitrogen and oxygen atoms in total. The van der Waals surface area contributed by atoms with Crippen LogP contribution in [0.2, 0.25) is 0 Å². The quantitative estimate of drug-likeness (QED) is 0.666. The molecule has 0 aromatic rings. The van der Waals surface area contributed by atoms with Gasteiger partial charge in [0.05, 0.1) is 0 Å². The molecule has 0 aromatic carbocycles. The number of rotatable bonds is 4. The van der Waals surface area contributed by atoms with Crippen LogP contribution in [-0.2, 0) is 4.79 Å². The van der Waals surface area contributed by atoms with E-state index in [0.717, 1.165) is 30.1 Å². The summed E-state index contributed by atoms with van der Waals surface area (Å²) in [5, 5.41) is 10.9. The highest BCUT2D eigenvalue weighted by Crippen LogP contribution is 2.66. The maximum atomic E-state index is 10.9. The van der Waals surface area contributed by atoms with Gasteiger partial charge in [-0.2, -0.15) is 0 Å². The van der Waals surface area contributed by atoms with E-state index >= 15 is 0 Å². The van der Waals surface area contributed by atoms with Gasteiger partial charge in [-0.1, -0.05) is 45.8 Å². The highest BCUT2D eigenvalue weighted by molar-refractivity contribution is 5.64. The number of hydrogen-bond acceptors (Lipinski definition) is 2. The van der Waals surface area contributed by atoms with Crippen molar-refractivity contribution in [2.24, 2.45) is 46.3 Å². The molecule has 0 spiro atoms. The Kier molecular flexibility index (Phi) is 4.77. The molecule has 0 saturated heterocycles. The first-order valence-corrected chi connectivity index (χ1v) is 11.2. The number of aliphatic carboxylic acids is 1. The number of carboxylic acids is 1. The van der Waals surface area contributed by atoms with Crippen LogP contribution in [0.15, 0.2) is 12.2 Å². The Morgan fingerprint density at radius 1 is 1.04 bits per heavy atom. The molecule has 4 rings (SSSR count). The van der Waals surface area contributed by atoms with Gasteiger partial charge in [0.2, 0.25) is 0 Å². The summed E-state index contributed by atoms with van der Waals surface area (Å²) < 4.78 is 0. The third-order valence-corrected chi connectivity index (χ3v) is 9.64. The van der Waals surface area contributed by atoms with E-state index in [1.165, 1.54) is 51.4 Å². The largest absolute Gasteiger partial charge is 0.550 e. The Bertz CT molecular complexity index is 581. The first-order valence-electron chi connectivity index (χ1n) is 11.2. The van der Waals surface area contributed by atoms with Gasteiger partial charge >= 0.3 is 0 Å². The average Bonchev–Trinajstić information content (AvgIpc) is 2.96. The SMILES string of the molecule is C[C@@H](CCC(=O)[O-])[C@@H]1CC[C@@H]2[C@H]3C=C[C@@H]4CCCC[C@]4(C)[C@@H]3CC[C@@]21C. The van der Waals surface area contributed by atoms with Gasteiger partial charge in [-0.05, 0) is 97.7 Å². The number of carbonyl (C=O) groups excluding carboxylic acids is 1. The molecule has 0 amide bonds. The van der Waals surface area contributed by atoms with Crippen molar-refractivity contribution in [3.63, 3.8) is 0 Å². The van der Waals surface area contributed by atoms with Gasteiger partial charge in [0.1, 0.15) is 0 Å². The zero-order valence-corrected chi connectivity index (χ0v) is 17.0. The molecule has 146 valence electrons. The zero-order valence-electron chi connectivity index (χ0n) is 17.0. The van der Waals surface area contributed by atoms with Crippen LogP contribution in [0.5, 0.6) is 0 Å². The minimum absolute atomic E-state index is 0.226. The first-order chi connectivity index (χ1) is 12.4. The summed E-state index contributed by atoms with van der Waals surface area (Å²) >= 11 is 0. The topological polar surface area (TPSA) is 40.1 Å². The molecule has 4 aliphatic rings. The van der Waals surface area contributed by atoms with E-state index in [0.29, 0.717) is 22.7 Å². The van der Waals surface area contributed by atoms with Crippen LogP contribution in [0, 0.1) is 46.3 Å². The van der Waals surface area contributed by atoms with Gasteiger partial charge < -0.3 is 9.90 Å². The van der Waals surface area contributed by atoms with E-state index in [4.69, 9.17) is 0 Å². The van der Waals surface area contributed by atoms with Gasteiger partial charge in [-0.15, -0.1) is 0 Å². The number of carboxylic acid groups (broad SMARTS) is 1. The van der Waals surface area contributed by atoms with Crippen LogP contribution < -0.4 is 5.11 Å². The van der Waals surface area contributed by atoms with Crippen LogP contribution in [0.3, 0.4) is 0 Å². The van der Waals surface area contributed by atoms with Crippen LogP contribution >= 0.6 is 0 Å². The molecule has 3 saturated carbocycles. The fourth-order valence-corrected chi connectivity index (χ4v) is 8.18. The van der Waals surface area contributed by atoms with Crippen molar-refractivity contribution in [3.05, 3.63) is 12.2 Å². The predicted molar refractivity (Wildman–Crippen MR) is 103 cm³/mol. The summed E-state index contributed by atoms with van der Waals surface area (Å²) in [6.45, 7) is 7.45. The Morgan fingerprint density at radius 3 is 2.58 bits per heavy atom. The maximum absolute atomic E-state index is 10.9. The van der Waals surface area contributed by atoms with Crippen molar-refractivity contribution in [1.29, 1.82) is 0 Å². The van der Waals surface area contributed by atoms with E-state index in [2.05, 4.69) is 32.9 Å². The van der Waals surface area contributed by atoms with E-state index in [1.807, 2.05) is 0 Å². The fourth-order valence-electron chi connectivity index (χ4n) is 8.18. The van der Waals surface area contributed by atoms with Crippen LogP contribution in [-0.4, -0.2) is 5.97 Å². The fraction of sp³-hybridized carbons (Fsp3) is 0.875. The van der Waals surface area contributed by atoms with E-state index < -0.39 is 5.97 Å².